The summed E-state index contributed by atoms with van der Waals surface area (Å²) < 4.78 is 3.54. The molecular weight excluding hydrogens is 230 g/mol. The predicted molar refractivity (Wildman–Crippen MR) is 58.3 cm³/mol. The number of carboxylic acids is 1. The third kappa shape index (κ3) is 3.58. The lowest BCUT2D eigenvalue weighted by Gasteiger charge is -2.12. The Kier molecular flexibility index (Phi) is 4.84. The number of carbonyl (C=O) groups is 2. The molecule has 0 saturated carbocycles. The third-order valence-electron chi connectivity index (χ3n) is 2.04. The molecule has 0 saturated heterocycles. The van der Waals surface area contributed by atoms with E-state index < -0.39 is 17.9 Å². The molecule has 1 heterocycles. The van der Waals surface area contributed by atoms with Crippen molar-refractivity contribution in [3.05, 3.63) is 11.1 Å². The van der Waals surface area contributed by atoms with Crippen molar-refractivity contribution in [2.24, 2.45) is 0 Å². The van der Waals surface area contributed by atoms with Crippen molar-refractivity contribution in [1.82, 2.24) is 14.9 Å². The molecule has 1 aromatic rings. The summed E-state index contributed by atoms with van der Waals surface area (Å²) in [5.41, 5.74) is 0.160. The third-order valence-corrected chi connectivity index (χ3v) is 2.55. The zero-order valence-electron chi connectivity index (χ0n) is 8.84. The number of nitrogens with one attached hydrogen (secondary N) is 1. The topological polar surface area (TPSA) is 92.2 Å². The van der Waals surface area contributed by atoms with Crippen LogP contribution in [0.15, 0.2) is 5.38 Å². The van der Waals surface area contributed by atoms with E-state index in [-0.39, 0.29) is 5.69 Å². The number of hydrogen-bond donors (Lipinski definition) is 2. The number of aliphatic carboxylic acids is 1. The molecule has 16 heavy (non-hydrogen) atoms. The van der Waals surface area contributed by atoms with E-state index in [1.807, 2.05) is 6.92 Å². The second-order valence-corrected chi connectivity index (χ2v) is 3.91. The molecule has 1 amide bonds. The molecular formula is C9H13N3O3S. The normalized spacial score (nSPS) is 12.1. The molecule has 0 bridgehead atoms. The van der Waals surface area contributed by atoms with Crippen LogP contribution in [-0.4, -0.2) is 32.6 Å². The van der Waals surface area contributed by atoms with E-state index in [2.05, 4.69) is 14.9 Å². The lowest BCUT2D eigenvalue weighted by molar-refractivity contribution is -0.139. The molecule has 6 nitrogen and oxygen atoms in total. The number of hydrogen-bond acceptors (Lipinski definition) is 5. The van der Waals surface area contributed by atoms with Crippen molar-refractivity contribution >= 4 is 23.4 Å². The standard InChI is InChI=1S/C9H13N3O3S/c1-2-3-4-6(9(14)15)10-8(13)7-5-16-12-11-7/h5-6H,2-4H2,1H3,(H,10,13)(H,14,15). The van der Waals surface area contributed by atoms with Gasteiger partial charge in [0, 0.05) is 5.38 Å². The van der Waals surface area contributed by atoms with E-state index in [0.29, 0.717) is 6.42 Å². The van der Waals surface area contributed by atoms with Gasteiger partial charge in [-0.1, -0.05) is 24.3 Å². The van der Waals surface area contributed by atoms with Crippen molar-refractivity contribution in [2.45, 2.75) is 32.2 Å². The van der Waals surface area contributed by atoms with Gasteiger partial charge in [-0.25, -0.2) is 4.79 Å². The number of unbranched alkanes of at least 4 members (excludes halogenated alkanes) is 1. The van der Waals surface area contributed by atoms with Gasteiger partial charge in [-0.05, 0) is 18.0 Å². The number of aromatic nitrogens is 2. The minimum absolute atomic E-state index is 0.160. The first-order valence-corrected chi connectivity index (χ1v) is 5.79. The average molecular weight is 243 g/mol. The van der Waals surface area contributed by atoms with Gasteiger partial charge in [0.1, 0.15) is 6.04 Å². The van der Waals surface area contributed by atoms with Crippen LogP contribution in [0.5, 0.6) is 0 Å². The Morgan fingerprint density at radius 3 is 2.88 bits per heavy atom. The molecule has 1 rings (SSSR count). The van der Waals surface area contributed by atoms with Gasteiger partial charge in [0.2, 0.25) is 0 Å². The van der Waals surface area contributed by atoms with Gasteiger partial charge in [0.25, 0.3) is 5.91 Å². The number of rotatable bonds is 6. The smallest absolute Gasteiger partial charge is 0.326 e. The summed E-state index contributed by atoms with van der Waals surface area (Å²) in [6.07, 6.45) is 2.07. The van der Waals surface area contributed by atoms with Crippen molar-refractivity contribution in [2.75, 3.05) is 0 Å². The first kappa shape index (κ1) is 12.6. The van der Waals surface area contributed by atoms with Gasteiger partial charge >= 0.3 is 5.97 Å². The zero-order chi connectivity index (χ0) is 12.0. The van der Waals surface area contributed by atoms with Crippen LogP contribution in [0.2, 0.25) is 0 Å². The lowest BCUT2D eigenvalue weighted by Crippen LogP contribution is -2.40. The Hall–Kier alpha value is -1.50. The molecule has 1 atom stereocenters. The molecule has 0 aliphatic heterocycles. The summed E-state index contributed by atoms with van der Waals surface area (Å²) in [6.45, 7) is 1.96. The van der Waals surface area contributed by atoms with Crippen molar-refractivity contribution in [3.63, 3.8) is 0 Å². The fourth-order valence-electron chi connectivity index (χ4n) is 1.16. The molecule has 0 spiro atoms. The van der Waals surface area contributed by atoms with Gasteiger partial charge in [-0.15, -0.1) is 5.10 Å². The number of carbonyl (C=O) groups excluding carboxylic acids is 1. The maximum atomic E-state index is 11.5. The molecule has 1 unspecified atom stereocenters. The average Bonchev–Trinajstić information content (AvgIpc) is 2.76. The summed E-state index contributed by atoms with van der Waals surface area (Å²) in [5, 5.41) is 16.4. The largest absolute Gasteiger partial charge is 0.480 e. The van der Waals surface area contributed by atoms with Gasteiger partial charge in [0.05, 0.1) is 0 Å². The fourth-order valence-corrected chi connectivity index (χ4v) is 1.60. The summed E-state index contributed by atoms with van der Waals surface area (Å²) in [7, 11) is 0. The van der Waals surface area contributed by atoms with Gasteiger partial charge in [-0.3, -0.25) is 4.79 Å². The van der Waals surface area contributed by atoms with Crippen LogP contribution in [0.3, 0.4) is 0 Å². The van der Waals surface area contributed by atoms with Gasteiger partial charge in [0.15, 0.2) is 5.69 Å². The molecule has 7 heteroatoms. The minimum atomic E-state index is -1.02. The lowest BCUT2D eigenvalue weighted by atomic mass is 10.1. The molecule has 0 aliphatic carbocycles. The van der Waals surface area contributed by atoms with Crippen LogP contribution in [0.1, 0.15) is 36.7 Å². The first-order chi connectivity index (χ1) is 7.65. The first-order valence-electron chi connectivity index (χ1n) is 4.96. The van der Waals surface area contributed by atoms with Crippen molar-refractivity contribution in [3.8, 4) is 0 Å². The maximum absolute atomic E-state index is 11.5. The number of carboxylic acid groups (broad SMARTS) is 1. The number of nitrogens with zero attached hydrogens (tertiary/aromatic N) is 2. The molecule has 0 radical (unpaired) electrons. The summed E-state index contributed by atoms with van der Waals surface area (Å²) in [6, 6.07) is -0.853. The number of amides is 1. The van der Waals surface area contributed by atoms with E-state index >= 15 is 0 Å². The van der Waals surface area contributed by atoms with Crippen LogP contribution in [0.25, 0.3) is 0 Å². The van der Waals surface area contributed by atoms with E-state index in [1.54, 1.807) is 0 Å². The molecule has 0 aliphatic rings. The molecule has 0 fully saturated rings. The van der Waals surface area contributed by atoms with Crippen LogP contribution in [0.4, 0.5) is 0 Å². The highest BCUT2D eigenvalue weighted by atomic mass is 32.1. The Morgan fingerprint density at radius 1 is 1.62 bits per heavy atom. The van der Waals surface area contributed by atoms with Crippen LogP contribution in [-0.2, 0) is 4.79 Å². The maximum Gasteiger partial charge on any atom is 0.326 e. The van der Waals surface area contributed by atoms with Crippen LogP contribution in [0, 0.1) is 0 Å². The van der Waals surface area contributed by atoms with E-state index in [4.69, 9.17) is 5.11 Å². The Bertz CT molecular complexity index is 353. The van der Waals surface area contributed by atoms with E-state index in [9.17, 15) is 9.59 Å². The summed E-state index contributed by atoms with van der Waals surface area (Å²) >= 11 is 1.05. The molecule has 1 aromatic heterocycles. The Balaban J connectivity index is 2.54. The highest BCUT2D eigenvalue weighted by Gasteiger charge is 2.20. The highest BCUT2D eigenvalue weighted by Crippen LogP contribution is 2.03. The zero-order valence-corrected chi connectivity index (χ0v) is 9.66. The van der Waals surface area contributed by atoms with Crippen LogP contribution < -0.4 is 5.32 Å². The minimum Gasteiger partial charge on any atom is -0.480 e. The molecule has 88 valence electrons. The highest BCUT2D eigenvalue weighted by molar-refractivity contribution is 7.03. The molecule has 2 N–H and O–H groups in total. The second kappa shape index (κ2) is 6.16. The summed E-state index contributed by atoms with van der Waals surface area (Å²) in [4.78, 5) is 22.4. The van der Waals surface area contributed by atoms with Crippen molar-refractivity contribution in [1.29, 1.82) is 0 Å². The SMILES string of the molecule is CCCCC(NC(=O)c1csnn1)C(=O)O. The molecule has 0 aromatic carbocycles. The van der Waals surface area contributed by atoms with Crippen LogP contribution >= 0.6 is 11.5 Å². The van der Waals surface area contributed by atoms with Gasteiger partial charge < -0.3 is 10.4 Å². The van der Waals surface area contributed by atoms with Crippen molar-refractivity contribution < 1.29 is 14.7 Å². The van der Waals surface area contributed by atoms with Gasteiger partial charge in [-0.2, -0.15) is 0 Å². The quantitative estimate of drug-likeness (QED) is 0.774. The van der Waals surface area contributed by atoms with E-state index in [1.165, 1.54) is 5.38 Å². The summed E-state index contributed by atoms with van der Waals surface area (Å²) in [5.74, 6) is -1.51. The second-order valence-electron chi connectivity index (χ2n) is 3.30. The Labute approximate surface area is 96.8 Å². The fraction of sp³-hybridized carbons (Fsp3) is 0.556. The Morgan fingerprint density at radius 2 is 2.38 bits per heavy atom. The predicted octanol–water partition coefficient (Wildman–Crippen LogP) is 0.911. The van der Waals surface area contributed by atoms with E-state index in [0.717, 1.165) is 24.4 Å². The monoisotopic (exact) mass is 243 g/mol.